The third kappa shape index (κ3) is 4.69. The van der Waals surface area contributed by atoms with Gasteiger partial charge in [-0.3, -0.25) is 4.79 Å². The van der Waals surface area contributed by atoms with Crippen LogP contribution in [0.15, 0.2) is 47.4 Å². The molecule has 0 spiro atoms. The second kappa shape index (κ2) is 8.30. The van der Waals surface area contributed by atoms with E-state index in [2.05, 4.69) is 46.2 Å². The second-order valence-electron chi connectivity index (χ2n) is 7.02. The van der Waals surface area contributed by atoms with Crippen molar-refractivity contribution in [3.63, 3.8) is 0 Å². The van der Waals surface area contributed by atoms with Crippen molar-refractivity contribution in [3.8, 4) is 0 Å². The normalized spacial score (nSPS) is 18.2. The molecule has 0 amide bonds. The summed E-state index contributed by atoms with van der Waals surface area (Å²) >= 11 is 0. The van der Waals surface area contributed by atoms with E-state index in [1.54, 1.807) is 10.7 Å². The molecule has 1 aromatic carbocycles. The molecule has 1 aromatic heterocycles. The number of piperidine rings is 1. The summed E-state index contributed by atoms with van der Waals surface area (Å²) in [6.45, 7) is 2.66. The Morgan fingerprint density at radius 1 is 1.24 bits per heavy atom. The molecule has 2 heterocycles. The first-order valence-corrected chi connectivity index (χ1v) is 9.16. The standard InChI is InChI=1S/C20H28N4O/c1-22-12-7-6-10-18(22)16-24-20(25)14-19(15-21-24)23(2)13-11-17-8-4-3-5-9-17/h3-5,8-9,14-15,18H,6-7,10-13,16H2,1-2H3/t18-/m1/s1. The van der Waals surface area contributed by atoms with Gasteiger partial charge in [-0.15, -0.1) is 0 Å². The fraction of sp³-hybridized carbons (Fsp3) is 0.500. The molecule has 0 saturated carbocycles. The smallest absolute Gasteiger partial charge is 0.268 e. The number of nitrogens with zero attached hydrogens (tertiary/aromatic N) is 4. The van der Waals surface area contributed by atoms with Crippen LogP contribution in [0.2, 0.25) is 0 Å². The lowest BCUT2D eigenvalue weighted by Gasteiger charge is -2.32. The molecule has 1 aliphatic rings. The van der Waals surface area contributed by atoms with Crippen molar-refractivity contribution >= 4 is 5.69 Å². The number of aromatic nitrogens is 2. The van der Waals surface area contributed by atoms with Gasteiger partial charge in [-0.1, -0.05) is 36.8 Å². The van der Waals surface area contributed by atoms with Gasteiger partial charge in [0.25, 0.3) is 5.56 Å². The molecule has 0 bridgehead atoms. The predicted molar refractivity (Wildman–Crippen MR) is 102 cm³/mol. The van der Waals surface area contributed by atoms with Crippen LogP contribution in [0.25, 0.3) is 0 Å². The summed E-state index contributed by atoms with van der Waals surface area (Å²) in [5.74, 6) is 0. The first-order chi connectivity index (χ1) is 12.1. The van der Waals surface area contributed by atoms with Crippen LogP contribution in [0.5, 0.6) is 0 Å². The maximum absolute atomic E-state index is 12.5. The second-order valence-corrected chi connectivity index (χ2v) is 7.02. The van der Waals surface area contributed by atoms with Gasteiger partial charge < -0.3 is 9.80 Å². The number of rotatable bonds is 6. The highest BCUT2D eigenvalue weighted by Gasteiger charge is 2.20. The zero-order chi connectivity index (χ0) is 17.6. The zero-order valence-electron chi connectivity index (χ0n) is 15.3. The van der Waals surface area contributed by atoms with Crippen LogP contribution >= 0.6 is 0 Å². The molecule has 1 saturated heterocycles. The summed E-state index contributed by atoms with van der Waals surface area (Å²) < 4.78 is 1.61. The molecule has 25 heavy (non-hydrogen) atoms. The van der Waals surface area contributed by atoms with Gasteiger partial charge in [-0.2, -0.15) is 5.10 Å². The Bertz CT molecular complexity index is 728. The maximum atomic E-state index is 12.5. The first kappa shape index (κ1) is 17.7. The Labute approximate surface area is 149 Å². The molecule has 1 atom stereocenters. The summed E-state index contributed by atoms with van der Waals surface area (Å²) in [5, 5.41) is 4.42. The van der Waals surface area contributed by atoms with E-state index in [0.717, 1.165) is 31.6 Å². The predicted octanol–water partition coefficient (Wildman–Crippen LogP) is 2.41. The first-order valence-electron chi connectivity index (χ1n) is 9.16. The molecule has 0 aliphatic carbocycles. The van der Waals surface area contributed by atoms with Crippen molar-refractivity contribution < 1.29 is 0 Å². The molecule has 134 valence electrons. The number of hydrogen-bond acceptors (Lipinski definition) is 4. The van der Waals surface area contributed by atoms with E-state index < -0.39 is 0 Å². The molecular weight excluding hydrogens is 312 g/mol. The zero-order valence-corrected chi connectivity index (χ0v) is 15.3. The third-order valence-electron chi connectivity index (χ3n) is 5.18. The molecule has 3 rings (SSSR count). The SMILES string of the molecule is CN(CCc1ccccc1)c1cnn(C[C@H]2CCCCN2C)c(=O)c1. The van der Waals surface area contributed by atoms with Crippen LogP contribution < -0.4 is 10.5 Å². The summed E-state index contributed by atoms with van der Waals surface area (Å²) in [6.07, 6.45) is 6.40. The van der Waals surface area contributed by atoms with E-state index >= 15 is 0 Å². The van der Waals surface area contributed by atoms with E-state index in [1.807, 2.05) is 19.3 Å². The van der Waals surface area contributed by atoms with Crippen LogP contribution in [0.4, 0.5) is 5.69 Å². The van der Waals surface area contributed by atoms with Gasteiger partial charge in [-0.05, 0) is 38.4 Å². The lowest BCUT2D eigenvalue weighted by Crippen LogP contribution is -2.41. The van der Waals surface area contributed by atoms with Crippen LogP contribution in [-0.2, 0) is 13.0 Å². The summed E-state index contributed by atoms with van der Waals surface area (Å²) in [6, 6.07) is 12.5. The van der Waals surface area contributed by atoms with Gasteiger partial charge in [0.2, 0.25) is 0 Å². The van der Waals surface area contributed by atoms with Gasteiger partial charge in [0.1, 0.15) is 0 Å². The van der Waals surface area contributed by atoms with Crippen LogP contribution in [0.3, 0.4) is 0 Å². The topological polar surface area (TPSA) is 41.4 Å². The Morgan fingerprint density at radius 3 is 2.76 bits per heavy atom. The molecule has 5 nitrogen and oxygen atoms in total. The third-order valence-corrected chi connectivity index (χ3v) is 5.18. The number of anilines is 1. The van der Waals surface area contributed by atoms with Gasteiger partial charge in [0, 0.05) is 25.7 Å². The Kier molecular flexibility index (Phi) is 5.87. The molecule has 1 aliphatic heterocycles. The lowest BCUT2D eigenvalue weighted by atomic mass is 10.0. The monoisotopic (exact) mass is 340 g/mol. The maximum Gasteiger partial charge on any atom is 0.268 e. The van der Waals surface area contributed by atoms with Crippen LogP contribution in [0.1, 0.15) is 24.8 Å². The minimum Gasteiger partial charge on any atom is -0.373 e. The van der Waals surface area contributed by atoms with Gasteiger partial charge in [0.05, 0.1) is 18.4 Å². The summed E-state index contributed by atoms with van der Waals surface area (Å²) in [4.78, 5) is 16.9. The molecule has 1 fully saturated rings. The quantitative estimate of drug-likeness (QED) is 0.810. The summed E-state index contributed by atoms with van der Waals surface area (Å²) in [5.41, 5.74) is 2.17. The fourth-order valence-corrected chi connectivity index (χ4v) is 3.41. The van der Waals surface area contributed by atoms with Crippen molar-refractivity contribution in [2.75, 3.05) is 32.1 Å². The Morgan fingerprint density at radius 2 is 2.04 bits per heavy atom. The Hall–Kier alpha value is -2.14. The lowest BCUT2D eigenvalue weighted by molar-refractivity contribution is 0.161. The highest BCUT2D eigenvalue weighted by Crippen LogP contribution is 2.16. The van der Waals surface area contributed by atoms with E-state index in [-0.39, 0.29) is 5.56 Å². The average Bonchev–Trinajstić information content (AvgIpc) is 2.64. The van der Waals surface area contributed by atoms with Gasteiger partial charge >= 0.3 is 0 Å². The van der Waals surface area contributed by atoms with Crippen LogP contribution in [0, 0.1) is 0 Å². The van der Waals surface area contributed by atoms with Gasteiger partial charge in [-0.25, -0.2) is 4.68 Å². The molecule has 2 aromatic rings. The number of likely N-dealkylation sites (tertiary alicyclic amines) is 1. The van der Waals surface area contributed by atoms with E-state index in [0.29, 0.717) is 12.6 Å². The van der Waals surface area contributed by atoms with E-state index in [1.165, 1.54) is 18.4 Å². The van der Waals surface area contributed by atoms with Crippen molar-refractivity contribution in [2.45, 2.75) is 38.3 Å². The minimum atomic E-state index is -0.0111. The minimum absolute atomic E-state index is 0.0111. The summed E-state index contributed by atoms with van der Waals surface area (Å²) in [7, 11) is 4.15. The van der Waals surface area contributed by atoms with E-state index in [9.17, 15) is 4.79 Å². The van der Waals surface area contributed by atoms with Crippen molar-refractivity contribution in [3.05, 3.63) is 58.5 Å². The number of hydrogen-bond donors (Lipinski definition) is 0. The number of likely N-dealkylation sites (N-methyl/N-ethyl adjacent to an activating group) is 2. The van der Waals surface area contributed by atoms with Crippen molar-refractivity contribution in [1.82, 2.24) is 14.7 Å². The highest BCUT2D eigenvalue weighted by atomic mass is 16.1. The van der Waals surface area contributed by atoms with Crippen LogP contribution in [-0.4, -0.2) is 47.9 Å². The number of benzene rings is 1. The average molecular weight is 340 g/mol. The van der Waals surface area contributed by atoms with E-state index in [4.69, 9.17) is 0 Å². The Balaban J connectivity index is 1.61. The molecule has 0 N–H and O–H groups in total. The largest absolute Gasteiger partial charge is 0.373 e. The highest BCUT2D eigenvalue weighted by molar-refractivity contribution is 5.42. The van der Waals surface area contributed by atoms with Gasteiger partial charge in [0.15, 0.2) is 0 Å². The molecular formula is C20H28N4O. The van der Waals surface area contributed by atoms with Crippen molar-refractivity contribution in [2.24, 2.45) is 0 Å². The molecule has 0 radical (unpaired) electrons. The molecule has 5 heteroatoms. The molecule has 0 unspecified atom stereocenters. The van der Waals surface area contributed by atoms with Crippen molar-refractivity contribution in [1.29, 1.82) is 0 Å². The fourth-order valence-electron chi connectivity index (χ4n) is 3.41.